The smallest absolute Gasteiger partial charge is 0.335 e. The molecule has 170 valence electrons. The first-order chi connectivity index (χ1) is 15.5. The van der Waals surface area contributed by atoms with Crippen LogP contribution in [0.2, 0.25) is 0 Å². The molecule has 8 nitrogen and oxygen atoms in total. The summed E-state index contributed by atoms with van der Waals surface area (Å²) in [5.41, 5.74) is 3.61. The van der Waals surface area contributed by atoms with Gasteiger partial charge in [-0.05, 0) is 85.7 Å². The van der Waals surface area contributed by atoms with Crippen LogP contribution in [0, 0.1) is 11.2 Å². The van der Waals surface area contributed by atoms with Crippen molar-refractivity contribution in [1.82, 2.24) is 30.0 Å². The van der Waals surface area contributed by atoms with Gasteiger partial charge in [-0.3, -0.25) is 0 Å². The number of ether oxygens (including phenoxy) is 1. The zero-order valence-electron chi connectivity index (χ0n) is 18.5. The molecule has 0 bridgehead atoms. The highest BCUT2D eigenvalue weighted by Crippen LogP contribution is 2.42. The summed E-state index contributed by atoms with van der Waals surface area (Å²) in [7, 11) is 0. The number of piperidine rings is 2. The van der Waals surface area contributed by atoms with E-state index in [0.717, 1.165) is 49.6 Å². The van der Waals surface area contributed by atoms with Crippen LogP contribution in [-0.2, 0) is 16.0 Å². The average molecular weight is 441 g/mol. The van der Waals surface area contributed by atoms with E-state index in [1.165, 1.54) is 42.8 Å². The zero-order chi connectivity index (χ0) is 22.1. The fourth-order valence-electron chi connectivity index (χ4n) is 5.24. The molecule has 0 radical (unpaired) electrons. The molecule has 0 aliphatic carbocycles. The number of hydrogen-bond donors (Lipinski definition) is 0. The predicted molar refractivity (Wildman–Crippen MR) is 115 cm³/mol. The third-order valence-electron chi connectivity index (χ3n) is 7.55. The predicted octanol–water partition coefficient (Wildman–Crippen LogP) is 2.35. The van der Waals surface area contributed by atoms with Crippen LogP contribution >= 0.6 is 0 Å². The fourth-order valence-corrected chi connectivity index (χ4v) is 5.24. The maximum absolute atomic E-state index is 14.6. The van der Waals surface area contributed by atoms with E-state index < -0.39 is 0 Å². The molecule has 9 heteroatoms. The van der Waals surface area contributed by atoms with Gasteiger partial charge in [-0.1, -0.05) is 6.07 Å². The van der Waals surface area contributed by atoms with Crippen molar-refractivity contribution in [3.63, 3.8) is 0 Å². The van der Waals surface area contributed by atoms with Crippen LogP contribution in [0.4, 0.5) is 4.39 Å². The Morgan fingerprint density at radius 3 is 2.50 bits per heavy atom. The molecule has 4 heterocycles. The summed E-state index contributed by atoms with van der Waals surface area (Å²) in [6, 6.07) is 5.18. The fraction of sp³-hybridized carbons (Fsp3) is 0.565. The van der Waals surface area contributed by atoms with E-state index in [0.29, 0.717) is 24.1 Å². The van der Waals surface area contributed by atoms with Gasteiger partial charge in [-0.2, -0.15) is 0 Å². The number of carbonyl (C=O) groups excluding carboxylic acids is 1. The monoisotopic (exact) mass is 440 g/mol. The lowest BCUT2D eigenvalue weighted by Crippen LogP contribution is -2.47. The molecule has 0 saturated carbocycles. The molecule has 2 aromatic rings. The molecule has 0 unspecified atom stereocenters. The third-order valence-corrected chi connectivity index (χ3v) is 7.55. The Morgan fingerprint density at radius 1 is 1.12 bits per heavy atom. The molecule has 1 aromatic carbocycles. The van der Waals surface area contributed by atoms with Crippen molar-refractivity contribution in [2.75, 3.05) is 39.3 Å². The molecule has 0 amide bonds. The zero-order valence-corrected chi connectivity index (χ0v) is 18.5. The Kier molecular flexibility index (Phi) is 5.67. The summed E-state index contributed by atoms with van der Waals surface area (Å²) >= 11 is 0. The van der Waals surface area contributed by atoms with Crippen molar-refractivity contribution in [2.45, 2.75) is 39.0 Å². The Morgan fingerprint density at radius 2 is 1.88 bits per heavy atom. The number of tetrazole rings is 1. The van der Waals surface area contributed by atoms with Gasteiger partial charge in [0.15, 0.2) is 0 Å². The number of halogens is 1. The van der Waals surface area contributed by atoms with Crippen LogP contribution < -0.4 is 0 Å². The number of cyclic esters (lactones) is 1. The number of hydrogen-bond acceptors (Lipinski definition) is 7. The molecule has 3 aliphatic rings. The molecular weight excluding hydrogens is 411 g/mol. The summed E-state index contributed by atoms with van der Waals surface area (Å²) < 4.78 is 21.2. The molecule has 3 aliphatic heterocycles. The number of benzene rings is 1. The van der Waals surface area contributed by atoms with E-state index in [4.69, 9.17) is 4.74 Å². The Labute approximate surface area is 187 Å². The van der Waals surface area contributed by atoms with Crippen molar-refractivity contribution in [1.29, 1.82) is 0 Å². The number of likely N-dealkylation sites (tertiary alicyclic amines) is 2. The maximum Gasteiger partial charge on any atom is 0.335 e. The summed E-state index contributed by atoms with van der Waals surface area (Å²) in [6.07, 6.45) is 6.87. The normalized spacial score (nSPS) is 21.4. The van der Waals surface area contributed by atoms with Gasteiger partial charge >= 0.3 is 5.97 Å². The van der Waals surface area contributed by atoms with Gasteiger partial charge in [0.05, 0.1) is 17.0 Å². The summed E-state index contributed by atoms with van der Waals surface area (Å²) in [5.74, 6) is -0.382. The summed E-state index contributed by atoms with van der Waals surface area (Å²) in [6.45, 7) is 7.30. The Hall–Kier alpha value is -2.81. The van der Waals surface area contributed by atoms with Crippen LogP contribution in [0.3, 0.4) is 0 Å². The van der Waals surface area contributed by atoms with E-state index >= 15 is 0 Å². The maximum atomic E-state index is 14.6. The number of aromatic nitrogens is 4. The van der Waals surface area contributed by atoms with Gasteiger partial charge in [-0.25, -0.2) is 13.9 Å². The minimum atomic E-state index is -0.210. The van der Waals surface area contributed by atoms with Crippen molar-refractivity contribution >= 4 is 5.97 Å². The molecule has 0 N–H and O–H groups in total. The standard InChI is InChI=1S/C23H29FN6O2/c1-17-21(15-32-22(17)31)29-12-7-23(8-13-29)5-10-28(11-6-23)9-4-18-2-3-19(14-20(18)24)30-16-25-26-27-30/h2-3,14,16H,4-13,15H2,1H3. The quantitative estimate of drug-likeness (QED) is 0.661. The largest absolute Gasteiger partial charge is 0.456 e. The molecule has 2 fully saturated rings. The SMILES string of the molecule is CC1=C(N2CCC3(CCN(CCc4ccc(-n5cnnn5)cc4F)CC3)CC2)COC1=O. The van der Waals surface area contributed by atoms with Crippen LogP contribution in [0.1, 0.15) is 38.2 Å². The number of rotatable bonds is 5. The lowest BCUT2D eigenvalue weighted by atomic mass is 9.71. The second-order valence-electron chi connectivity index (χ2n) is 9.26. The summed E-state index contributed by atoms with van der Waals surface area (Å²) in [5, 5.41) is 11.0. The van der Waals surface area contributed by atoms with Crippen molar-refractivity contribution in [3.8, 4) is 5.69 Å². The average Bonchev–Trinajstić information content (AvgIpc) is 3.46. The van der Waals surface area contributed by atoms with E-state index in [1.807, 2.05) is 19.1 Å². The van der Waals surface area contributed by atoms with Crippen molar-refractivity contribution in [2.24, 2.45) is 5.41 Å². The minimum absolute atomic E-state index is 0.171. The first-order valence-corrected chi connectivity index (χ1v) is 11.4. The van der Waals surface area contributed by atoms with E-state index in [1.54, 1.807) is 0 Å². The molecule has 32 heavy (non-hydrogen) atoms. The van der Waals surface area contributed by atoms with Gasteiger partial charge in [-0.15, -0.1) is 5.10 Å². The lowest BCUT2D eigenvalue weighted by Gasteiger charge is -2.47. The second-order valence-corrected chi connectivity index (χ2v) is 9.26. The molecule has 2 saturated heterocycles. The van der Waals surface area contributed by atoms with Crippen molar-refractivity contribution in [3.05, 3.63) is 47.2 Å². The minimum Gasteiger partial charge on any atom is -0.456 e. The van der Waals surface area contributed by atoms with E-state index in [2.05, 4.69) is 25.3 Å². The first kappa shape index (κ1) is 21.1. The molecular formula is C23H29FN6O2. The molecule has 1 aromatic heterocycles. The molecule has 1 spiro atoms. The van der Waals surface area contributed by atoms with Gasteiger partial charge in [0, 0.05) is 19.6 Å². The summed E-state index contributed by atoms with van der Waals surface area (Å²) in [4.78, 5) is 16.5. The number of esters is 1. The topological polar surface area (TPSA) is 76.4 Å². The van der Waals surface area contributed by atoms with Gasteiger partial charge < -0.3 is 14.5 Å². The van der Waals surface area contributed by atoms with Gasteiger partial charge in [0.1, 0.15) is 18.8 Å². The number of carbonyl (C=O) groups is 1. The molecule has 5 rings (SSSR count). The van der Waals surface area contributed by atoms with Gasteiger partial charge in [0.25, 0.3) is 0 Å². The second kappa shape index (κ2) is 8.61. The van der Waals surface area contributed by atoms with Crippen LogP contribution in [-0.4, -0.2) is 75.3 Å². The molecule has 0 atom stereocenters. The van der Waals surface area contributed by atoms with Crippen molar-refractivity contribution < 1.29 is 13.9 Å². The highest BCUT2D eigenvalue weighted by atomic mass is 19.1. The Bertz CT molecular complexity index is 1000. The highest BCUT2D eigenvalue weighted by molar-refractivity contribution is 5.90. The Balaban J connectivity index is 1.11. The van der Waals surface area contributed by atoms with Gasteiger partial charge in [0.2, 0.25) is 0 Å². The van der Waals surface area contributed by atoms with E-state index in [-0.39, 0.29) is 11.8 Å². The lowest BCUT2D eigenvalue weighted by molar-refractivity contribution is -0.136. The highest BCUT2D eigenvalue weighted by Gasteiger charge is 2.39. The van der Waals surface area contributed by atoms with Crippen LogP contribution in [0.5, 0.6) is 0 Å². The number of nitrogens with zero attached hydrogens (tertiary/aromatic N) is 6. The first-order valence-electron chi connectivity index (χ1n) is 11.4. The van der Waals surface area contributed by atoms with Crippen LogP contribution in [0.15, 0.2) is 35.8 Å². The third kappa shape index (κ3) is 4.13. The van der Waals surface area contributed by atoms with E-state index in [9.17, 15) is 9.18 Å². The van der Waals surface area contributed by atoms with Crippen LogP contribution in [0.25, 0.3) is 5.69 Å².